The summed E-state index contributed by atoms with van der Waals surface area (Å²) in [6.45, 7) is 2.07. The van der Waals surface area contributed by atoms with Crippen molar-refractivity contribution < 1.29 is 24.8 Å². The van der Waals surface area contributed by atoms with Gasteiger partial charge in [-0.1, -0.05) is 64.7 Å². The van der Waals surface area contributed by atoms with Crippen LogP contribution in [-0.4, -0.2) is 52.9 Å². The molecule has 0 spiro atoms. The van der Waals surface area contributed by atoms with Gasteiger partial charge in [-0.15, -0.1) is 0 Å². The standard InChI is InChI=1S/C20H38O5/c1-2-3-4-5-6-7-8-9-10-11-12-13-14-24-18(15-21)20-19(23)17(22)16-25-20/h13-14,17-23H,2-12,15-16H2,1H3/b14-13+/t17-,18+,19+,20+/m1/s1. The SMILES string of the molecule is CCCCCCCCCCCC/C=C/O[C@@H](CO)[C@@H]1OC[C@@H](O)[C@@H]1O. The van der Waals surface area contributed by atoms with Gasteiger partial charge < -0.3 is 24.8 Å². The van der Waals surface area contributed by atoms with Crippen molar-refractivity contribution >= 4 is 0 Å². The summed E-state index contributed by atoms with van der Waals surface area (Å²) < 4.78 is 10.7. The summed E-state index contributed by atoms with van der Waals surface area (Å²) in [5.41, 5.74) is 0. The molecule has 25 heavy (non-hydrogen) atoms. The summed E-state index contributed by atoms with van der Waals surface area (Å²) in [6.07, 6.45) is 14.4. The predicted octanol–water partition coefficient (Wildman–Crippen LogP) is 3.31. The first-order valence-electron chi connectivity index (χ1n) is 10.1. The number of ether oxygens (including phenoxy) is 2. The smallest absolute Gasteiger partial charge is 0.149 e. The van der Waals surface area contributed by atoms with E-state index < -0.39 is 24.4 Å². The quantitative estimate of drug-likeness (QED) is 0.309. The molecule has 5 heteroatoms. The highest BCUT2D eigenvalue weighted by Crippen LogP contribution is 2.19. The van der Waals surface area contributed by atoms with Gasteiger partial charge in [-0.3, -0.25) is 0 Å². The topological polar surface area (TPSA) is 79.2 Å². The van der Waals surface area contributed by atoms with Crippen molar-refractivity contribution in [3.05, 3.63) is 12.3 Å². The van der Waals surface area contributed by atoms with Crippen LogP contribution < -0.4 is 0 Å². The molecule has 0 unspecified atom stereocenters. The molecular weight excluding hydrogens is 320 g/mol. The molecule has 1 aliphatic heterocycles. The maximum Gasteiger partial charge on any atom is 0.149 e. The number of aliphatic hydroxyl groups excluding tert-OH is 3. The number of rotatable bonds is 15. The van der Waals surface area contributed by atoms with Crippen LogP contribution in [-0.2, 0) is 9.47 Å². The van der Waals surface area contributed by atoms with Gasteiger partial charge in [0.05, 0.1) is 19.5 Å². The Kier molecular flexibility index (Phi) is 13.0. The molecule has 0 aromatic heterocycles. The van der Waals surface area contributed by atoms with Gasteiger partial charge in [-0.05, 0) is 18.9 Å². The molecule has 1 aliphatic rings. The Balaban J connectivity index is 1.97. The fourth-order valence-corrected chi connectivity index (χ4v) is 3.15. The molecule has 1 heterocycles. The van der Waals surface area contributed by atoms with E-state index in [0.717, 1.165) is 12.8 Å². The number of aliphatic hydroxyl groups is 3. The van der Waals surface area contributed by atoms with E-state index in [1.165, 1.54) is 57.8 Å². The van der Waals surface area contributed by atoms with Crippen LogP contribution >= 0.6 is 0 Å². The van der Waals surface area contributed by atoms with Crippen LogP contribution in [0.2, 0.25) is 0 Å². The highest BCUT2D eigenvalue weighted by molar-refractivity contribution is 4.90. The summed E-state index contributed by atoms with van der Waals surface area (Å²) in [5.74, 6) is 0. The average molecular weight is 359 g/mol. The van der Waals surface area contributed by atoms with Crippen molar-refractivity contribution in [3.8, 4) is 0 Å². The molecule has 0 radical (unpaired) electrons. The van der Waals surface area contributed by atoms with Gasteiger partial charge in [0, 0.05) is 0 Å². The lowest BCUT2D eigenvalue weighted by molar-refractivity contribution is -0.0737. The lowest BCUT2D eigenvalue weighted by Gasteiger charge is -2.23. The van der Waals surface area contributed by atoms with Gasteiger partial charge in [-0.25, -0.2) is 0 Å². The molecule has 0 aromatic carbocycles. The Morgan fingerprint density at radius 2 is 1.60 bits per heavy atom. The van der Waals surface area contributed by atoms with Crippen LogP contribution in [0.5, 0.6) is 0 Å². The molecule has 0 saturated carbocycles. The molecule has 1 fully saturated rings. The molecule has 0 aliphatic carbocycles. The average Bonchev–Trinajstić information content (AvgIpc) is 2.95. The second-order valence-corrected chi connectivity index (χ2v) is 7.06. The molecule has 1 rings (SSSR count). The highest BCUT2D eigenvalue weighted by atomic mass is 16.6. The summed E-state index contributed by atoms with van der Waals surface area (Å²) in [4.78, 5) is 0. The minimum atomic E-state index is -1.01. The van der Waals surface area contributed by atoms with Crippen LogP contribution in [0.4, 0.5) is 0 Å². The van der Waals surface area contributed by atoms with Crippen molar-refractivity contribution in [1.29, 1.82) is 0 Å². The van der Waals surface area contributed by atoms with E-state index in [9.17, 15) is 15.3 Å². The fraction of sp³-hybridized carbons (Fsp3) is 0.900. The minimum absolute atomic E-state index is 0.0774. The van der Waals surface area contributed by atoms with Crippen molar-refractivity contribution in [2.24, 2.45) is 0 Å². The number of allylic oxidation sites excluding steroid dienone is 1. The molecule has 148 valence electrons. The van der Waals surface area contributed by atoms with Gasteiger partial charge >= 0.3 is 0 Å². The summed E-state index contributed by atoms with van der Waals surface area (Å²) >= 11 is 0. The molecule has 5 nitrogen and oxygen atoms in total. The van der Waals surface area contributed by atoms with Gasteiger partial charge in [-0.2, -0.15) is 0 Å². The number of hydrogen-bond donors (Lipinski definition) is 3. The van der Waals surface area contributed by atoms with E-state index in [-0.39, 0.29) is 13.2 Å². The monoisotopic (exact) mass is 358 g/mol. The Labute approximate surface area is 153 Å². The number of unbranched alkanes of at least 4 members (excludes halogenated alkanes) is 10. The Morgan fingerprint density at radius 1 is 1.00 bits per heavy atom. The first-order valence-corrected chi connectivity index (χ1v) is 10.1. The van der Waals surface area contributed by atoms with Gasteiger partial charge in [0.25, 0.3) is 0 Å². The third kappa shape index (κ3) is 9.59. The van der Waals surface area contributed by atoms with E-state index in [1.54, 1.807) is 6.26 Å². The van der Waals surface area contributed by atoms with Crippen molar-refractivity contribution in [2.45, 2.75) is 102 Å². The van der Waals surface area contributed by atoms with E-state index in [0.29, 0.717) is 0 Å². The second-order valence-electron chi connectivity index (χ2n) is 7.06. The first kappa shape index (κ1) is 22.4. The van der Waals surface area contributed by atoms with E-state index in [1.807, 2.05) is 6.08 Å². The van der Waals surface area contributed by atoms with E-state index in [4.69, 9.17) is 9.47 Å². The van der Waals surface area contributed by atoms with Gasteiger partial charge in [0.2, 0.25) is 0 Å². The van der Waals surface area contributed by atoms with Crippen molar-refractivity contribution in [1.82, 2.24) is 0 Å². The lowest BCUT2D eigenvalue weighted by atomic mass is 10.1. The zero-order valence-corrected chi connectivity index (χ0v) is 15.8. The molecule has 0 aromatic rings. The lowest BCUT2D eigenvalue weighted by Crippen LogP contribution is -2.41. The zero-order valence-electron chi connectivity index (χ0n) is 15.8. The maximum absolute atomic E-state index is 9.77. The largest absolute Gasteiger partial charge is 0.493 e. The van der Waals surface area contributed by atoms with Crippen LogP contribution in [0.25, 0.3) is 0 Å². The maximum atomic E-state index is 9.77. The predicted molar refractivity (Wildman–Crippen MR) is 99.3 cm³/mol. The third-order valence-corrected chi connectivity index (χ3v) is 4.81. The molecule has 3 N–H and O–H groups in total. The van der Waals surface area contributed by atoms with Crippen LogP contribution in [0, 0.1) is 0 Å². The van der Waals surface area contributed by atoms with Crippen molar-refractivity contribution in [2.75, 3.05) is 13.2 Å². The highest BCUT2D eigenvalue weighted by Gasteiger charge is 2.40. The normalized spacial score (nSPS) is 24.9. The molecule has 1 saturated heterocycles. The molecular formula is C20H38O5. The molecule has 0 amide bonds. The van der Waals surface area contributed by atoms with Gasteiger partial charge in [0.1, 0.15) is 24.4 Å². The zero-order chi connectivity index (χ0) is 18.3. The Hall–Kier alpha value is -0.620. The fourth-order valence-electron chi connectivity index (χ4n) is 3.15. The van der Waals surface area contributed by atoms with Crippen LogP contribution in [0.3, 0.4) is 0 Å². The molecule has 4 atom stereocenters. The van der Waals surface area contributed by atoms with E-state index in [2.05, 4.69) is 6.92 Å². The summed E-state index contributed by atoms with van der Waals surface area (Å²) in [6, 6.07) is 0. The first-order chi connectivity index (χ1) is 12.2. The third-order valence-electron chi connectivity index (χ3n) is 4.81. The molecule has 0 bridgehead atoms. The van der Waals surface area contributed by atoms with Gasteiger partial charge in [0.15, 0.2) is 0 Å². The summed E-state index contributed by atoms with van der Waals surface area (Å²) in [7, 11) is 0. The Morgan fingerprint density at radius 3 is 2.12 bits per heavy atom. The van der Waals surface area contributed by atoms with E-state index >= 15 is 0 Å². The van der Waals surface area contributed by atoms with Crippen LogP contribution in [0.15, 0.2) is 12.3 Å². The van der Waals surface area contributed by atoms with Crippen molar-refractivity contribution in [3.63, 3.8) is 0 Å². The van der Waals surface area contributed by atoms with Crippen LogP contribution in [0.1, 0.15) is 77.6 Å². The Bertz CT molecular complexity index is 334. The minimum Gasteiger partial charge on any atom is -0.493 e. The number of hydrogen-bond acceptors (Lipinski definition) is 5. The second kappa shape index (κ2) is 14.5. The summed E-state index contributed by atoms with van der Waals surface area (Å²) in [5, 5.41) is 28.6.